The highest BCUT2D eigenvalue weighted by Crippen LogP contribution is 2.41. The highest BCUT2D eigenvalue weighted by Gasteiger charge is 2.56. The van der Waals surface area contributed by atoms with Gasteiger partial charge in [-0.2, -0.15) is 0 Å². The average Bonchev–Trinajstić information content (AvgIpc) is 2.70. The Bertz CT molecular complexity index is 688. The van der Waals surface area contributed by atoms with Crippen molar-refractivity contribution in [1.29, 1.82) is 0 Å². The van der Waals surface area contributed by atoms with Crippen LogP contribution in [-0.4, -0.2) is 64.0 Å². The lowest BCUT2D eigenvalue weighted by Gasteiger charge is -2.53. The van der Waals surface area contributed by atoms with Crippen LogP contribution in [-0.2, 0) is 28.7 Å². The fourth-order valence-corrected chi connectivity index (χ4v) is 3.65. The molecule has 0 spiro atoms. The molecule has 0 saturated carbocycles. The zero-order valence-corrected chi connectivity index (χ0v) is 16.8. The van der Waals surface area contributed by atoms with Crippen LogP contribution >= 0.6 is 0 Å². The number of rotatable bonds is 10. The molecule has 2 aliphatic heterocycles. The summed E-state index contributed by atoms with van der Waals surface area (Å²) >= 11 is 0. The lowest BCUT2D eigenvalue weighted by atomic mass is 9.74. The second kappa shape index (κ2) is 11.2. The van der Waals surface area contributed by atoms with Crippen molar-refractivity contribution in [1.82, 2.24) is 10.2 Å². The van der Waals surface area contributed by atoms with Crippen LogP contribution in [0, 0.1) is 5.92 Å². The third-order valence-corrected chi connectivity index (χ3v) is 4.87. The number of β-lactam (4-membered cyclic amide) rings is 1. The van der Waals surface area contributed by atoms with E-state index in [2.05, 4.69) is 10.1 Å². The van der Waals surface area contributed by atoms with Gasteiger partial charge in [0.15, 0.2) is 0 Å². The first-order chi connectivity index (χ1) is 13.8. The molecule has 0 aromatic heterocycles. The number of nitrogens with zero attached hydrogens (tertiary/aromatic N) is 1. The number of carboxylic acid groups (broad SMARTS) is 2. The van der Waals surface area contributed by atoms with Crippen molar-refractivity contribution in [3.8, 4) is 0 Å². The number of hydrogen-bond donors (Lipinski definition) is 3. The van der Waals surface area contributed by atoms with Crippen molar-refractivity contribution in [3.63, 3.8) is 0 Å². The van der Waals surface area contributed by atoms with E-state index < -0.39 is 35.8 Å². The number of carboxylic acids is 2. The van der Waals surface area contributed by atoms with Crippen molar-refractivity contribution in [3.05, 3.63) is 11.3 Å². The minimum Gasteiger partial charge on any atom is -0.481 e. The Morgan fingerprint density at radius 2 is 1.90 bits per heavy atom. The average molecular weight is 412 g/mol. The topological polar surface area (TPSA) is 150 Å². The monoisotopic (exact) mass is 412 g/mol. The molecule has 0 radical (unpaired) electrons. The summed E-state index contributed by atoms with van der Waals surface area (Å²) in [7, 11) is 0. The standard InChI is InChI=1S/C17H22N2O8.C2H6/c1-2-9-6-10(7-27-8-20)15(17(25)26)19-14(9)13(16(19)24)18-11(21)4-3-5-12(22)23;1-2/h8-9,13-14H,2-7H2,1H3,(H,18,21)(H,22,23)(H,25,26);1-2H3. The molecular weight excluding hydrogens is 384 g/mol. The molecule has 2 amide bonds. The van der Waals surface area contributed by atoms with Crippen LogP contribution in [0.2, 0.25) is 0 Å². The number of amides is 2. The van der Waals surface area contributed by atoms with Crippen molar-refractivity contribution in [2.24, 2.45) is 5.92 Å². The van der Waals surface area contributed by atoms with Gasteiger partial charge in [-0.25, -0.2) is 4.79 Å². The van der Waals surface area contributed by atoms with Gasteiger partial charge in [0.05, 0.1) is 6.04 Å². The first-order valence-electron chi connectivity index (χ1n) is 9.66. The van der Waals surface area contributed by atoms with E-state index in [0.29, 0.717) is 18.4 Å². The van der Waals surface area contributed by atoms with Crippen molar-refractivity contribution < 1.29 is 38.9 Å². The van der Waals surface area contributed by atoms with E-state index in [1.165, 1.54) is 0 Å². The van der Waals surface area contributed by atoms with Crippen LogP contribution in [0.15, 0.2) is 11.3 Å². The van der Waals surface area contributed by atoms with Gasteiger partial charge in [0.1, 0.15) is 18.3 Å². The van der Waals surface area contributed by atoms with Gasteiger partial charge < -0.3 is 20.3 Å². The molecule has 2 aliphatic rings. The van der Waals surface area contributed by atoms with Gasteiger partial charge in [-0.05, 0) is 24.3 Å². The van der Waals surface area contributed by atoms with Crippen molar-refractivity contribution in [2.75, 3.05) is 6.61 Å². The summed E-state index contributed by atoms with van der Waals surface area (Å²) in [5.74, 6) is -3.38. The quantitative estimate of drug-likeness (QED) is 0.354. The van der Waals surface area contributed by atoms with E-state index in [9.17, 15) is 29.1 Å². The fourth-order valence-electron chi connectivity index (χ4n) is 3.65. The summed E-state index contributed by atoms with van der Waals surface area (Å²) in [6, 6.07) is -1.33. The van der Waals surface area contributed by atoms with Crippen molar-refractivity contribution in [2.45, 2.75) is 65.0 Å². The first kappa shape index (κ1) is 24.1. The van der Waals surface area contributed by atoms with Gasteiger partial charge >= 0.3 is 11.9 Å². The molecule has 0 aromatic rings. The molecule has 2 rings (SSSR count). The molecule has 10 heteroatoms. The summed E-state index contributed by atoms with van der Waals surface area (Å²) in [5.41, 5.74) is 0.158. The molecule has 3 unspecified atom stereocenters. The number of carbonyl (C=O) groups is 5. The maximum Gasteiger partial charge on any atom is 0.352 e. The Morgan fingerprint density at radius 3 is 2.41 bits per heavy atom. The molecule has 29 heavy (non-hydrogen) atoms. The molecule has 3 atom stereocenters. The SMILES string of the molecule is CC.CCC1CC(COC=O)=C(C(=O)O)N2C(=O)C(NC(=O)CCCC(=O)O)C12. The van der Waals surface area contributed by atoms with Crippen molar-refractivity contribution >= 4 is 30.2 Å². The minimum absolute atomic E-state index is 0.0281. The molecule has 1 fully saturated rings. The first-order valence-corrected chi connectivity index (χ1v) is 9.66. The van der Waals surface area contributed by atoms with Gasteiger partial charge in [-0.15, -0.1) is 0 Å². The molecule has 0 aliphatic carbocycles. The zero-order valence-electron chi connectivity index (χ0n) is 16.8. The third kappa shape index (κ3) is 5.55. The van der Waals surface area contributed by atoms with Gasteiger partial charge in [0.25, 0.3) is 12.4 Å². The van der Waals surface area contributed by atoms with Gasteiger partial charge in [-0.1, -0.05) is 27.2 Å². The van der Waals surface area contributed by atoms with E-state index in [-0.39, 0.29) is 44.0 Å². The summed E-state index contributed by atoms with van der Waals surface area (Å²) in [6.45, 7) is 5.91. The molecule has 10 nitrogen and oxygen atoms in total. The highest BCUT2D eigenvalue weighted by atomic mass is 16.5. The number of nitrogens with one attached hydrogen (secondary N) is 1. The summed E-state index contributed by atoms with van der Waals surface area (Å²) < 4.78 is 4.69. The second-order valence-corrected chi connectivity index (χ2v) is 6.53. The lowest BCUT2D eigenvalue weighted by Crippen LogP contribution is -2.74. The molecule has 162 valence electrons. The zero-order chi connectivity index (χ0) is 22.1. The lowest BCUT2D eigenvalue weighted by molar-refractivity contribution is -0.159. The molecular formula is C19H28N2O8. The molecule has 3 N–H and O–H groups in total. The maximum atomic E-state index is 12.5. The van der Waals surface area contributed by atoms with E-state index in [1.807, 2.05) is 20.8 Å². The van der Waals surface area contributed by atoms with E-state index in [1.54, 1.807) is 0 Å². The maximum absolute atomic E-state index is 12.5. The van der Waals surface area contributed by atoms with Crippen LogP contribution in [0.25, 0.3) is 0 Å². The largest absolute Gasteiger partial charge is 0.481 e. The number of carbonyl (C=O) groups excluding carboxylic acids is 3. The Morgan fingerprint density at radius 1 is 1.24 bits per heavy atom. The Balaban J connectivity index is 0.00000204. The molecule has 0 bridgehead atoms. The third-order valence-electron chi connectivity index (χ3n) is 4.87. The normalized spacial score (nSPS) is 22.5. The number of hydrogen-bond acceptors (Lipinski definition) is 6. The molecule has 1 saturated heterocycles. The molecule has 0 aromatic carbocycles. The van der Waals surface area contributed by atoms with Crippen LogP contribution in [0.1, 0.15) is 52.9 Å². The van der Waals surface area contributed by atoms with Crippen LogP contribution in [0.5, 0.6) is 0 Å². The predicted molar refractivity (Wildman–Crippen MR) is 100 cm³/mol. The van der Waals surface area contributed by atoms with E-state index in [0.717, 1.165) is 4.90 Å². The second-order valence-electron chi connectivity index (χ2n) is 6.53. The smallest absolute Gasteiger partial charge is 0.352 e. The number of aliphatic carboxylic acids is 2. The summed E-state index contributed by atoms with van der Waals surface area (Å²) in [5, 5.41) is 20.7. The summed E-state index contributed by atoms with van der Waals surface area (Å²) in [4.78, 5) is 58.3. The van der Waals surface area contributed by atoms with Crippen LogP contribution < -0.4 is 5.32 Å². The van der Waals surface area contributed by atoms with E-state index in [4.69, 9.17) is 5.11 Å². The van der Waals surface area contributed by atoms with Gasteiger partial charge in [0.2, 0.25) is 5.91 Å². The fraction of sp³-hybridized carbons (Fsp3) is 0.632. The van der Waals surface area contributed by atoms with E-state index >= 15 is 0 Å². The summed E-state index contributed by atoms with van der Waals surface area (Å²) in [6.07, 6.45) is 0.953. The Labute approximate surface area is 168 Å². The predicted octanol–water partition coefficient (Wildman–Crippen LogP) is 0.905. The van der Waals surface area contributed by atoms with Crippen LogP contribution in [0.3, 0.4) is 0 Å². The van der Waals surface area contributed by atoms with Crippen LogP contribution in [0.4, 0.5) is 0 Å². The molecule has 2 heterocycles. The number of fused-ring (bicyclic) bond motifs is 1. The Hall–Kier alpha value is -2.91. The number of ether oxygens (including phenoxy) is 1. The van der Waals surface area contributed by atoms with Gasteiger partial charge in [0, 0.05) is 12.8 Å². The van der Waals surface area contributed by atoms with Gasteiger partial charge in [-0.3, -0.25) is 24.1 Å². The highest BCUT2D eigenvalue weighted by molar-refractivity contribution is 6.01. The minimum atomic E-state index is -1.29. The Kier molecular flexibility index (Phi) is 9.30.